The molecule has 4 nitrogen and oxygen atoms in total. The lowest BCUT2D eigenvalue weighted by atomic mass is 9.67. The van der Waals surface area contributed by atoms with Crippen molar-refractivity contribution in [1.82, 2.24) is 0 Å². The first-order valence-electron chi connectivity index (χ1n) is 13.6. The van der Waals surface area contributed by atoms with E-state index in [1.165, 1.54) is 51.0 Å². The first-order valence-corrected chi connectivity index (χ1v) is 13.6. The summed E-state index contributed by atoms with van der Waals surface area (Å²) in [5.74, 6) is 0.246. The Morgan fingerprint density at radius 3 is 2.44 bits per heavy atom. The lowest BCUT2D eigenvalue weighted by Crippen LogP contribution is -2.29. The highest BCUT2D eigenvalue weighted by Gasteiger charge is 2.43. The minimum Gasteiger partial charge on any atom is -0.493 e. The van der Waals surface area contributed by atoms with Crippen LogP contribution in [0, 0.1) is 41.3 Å². The van der Waals surface area contributed by atoms with E-state index < -0.39 is 23.6 Å². The molecule has 5 heteroatoms. The Morgan fingerprint density at radius 2 is 1.76 bits per heavy atom. The molecule has 1 aromatic rings. The Labute approximate surface area is 202 Å². The fourth-order valence-electron chi connectivity index (χ4n) is 7.37. The fraction of sp³-hybridized carbons (Fsp3) is 0.724. The second-order valence-electron chi connectivity index (χ2n) is 11.8. The highest BCUT2D eigenvalue weighted by atomic mass is 19.1. The van der Waals surface area contributed by atoms with E-state index in [9.17, 15) is 14.7 Å². The highest BCUT2D eigenvalue weighted by molar-refractivity contribution is 6.00. The van der Waals surface area contributed by atoms with Gasteiger partial charge in [-0.1, -0.05) is 26.2 Å². The van der Waals surface area contributed by atoms with E-state index in [-0.39, 0.29) is 17.3 Å². The van der Waals surface area contributed by atoms with Crippen LogP contribution in [0.4, 0.5) is 4.39 Å². The molecule has 2 unspecified atom stereocenters. The molecular weight excluding hydrogens is 431 g/mol. The number of carbonyl (C=O) groups excluding carboxylic acids is 1. The summed E-state index contributed by atoms with van der Waals surface area (Å²) in [7, 11) is 0. The standard InChI is InChI=1S/C29H39FO4/c1-17-7-10-22(27(17)29(32)33)28(31)24-15-23(21-8-9-21)26(16-25(24)30)34-11-3-6-20-13-18-4-2-5-19(12-18)14-20/h15-22,27H,2-14H2,1H3,(H,32,33)/t17-,18?,19?,20?,22+,27+/m0/s1. The zero-order valence-electron chi connectivity index (χ0n) is 20.4. The van der Waals surface area contributed by atoms with Crippen molar-refractivity contribution in [2.75, 3.05) is 6.61 Å². The second kappa shape index (κ2) is 9.99. The molecule has 1 N–H and O–H groups in total. The molecule has 5 rings (SSSR count). The van der Waals surface area contributed by atoms with Gasteiger partial charge in [0, 0.05) is 12.0 Å². The van der Waals surface area contributed by atoms with E-state index in [2.05, 4.69) is 0 Å². The predicted octanol–water partition coefficient (Wildman–Crippen LogP) is 7.01. The zero-order chi connectivity index (χ0) is 23.8. The van der Waals surface area contributed by atoms with Gasteiger partial charge in [0.1, 0.15) is 11.6 Å². The molecule has 0 aromatic heterocycles. The van der Waals surface area contributed by atoms with E-state index in [1.807, 2.05) is 6.92 Å². The molecule has 186 valence electrons. The number of carboxylic acids is 1. The van der Waals surface area contributed by atoms with Gasteiger partial charge in [-0.15, -0.1) is 0 Å². The Hall–Kier alpha value is -1.91. The van der Waals surface area contributed by atoms with E-state index in [0.717, 1.165) is 42.6 Å². The molecule has 0 saturated heterocycles. The summed E-state index contributed by atoms with van der Waals surface area (Å²) >= 11 is 0. The molecule has 4 aliphatic carbocycles. The highest BCUT2D eigenvalue weighted by Crippen LogP contribution is 2.47. The zero-order valence-corrected chi connectivity index (χ0v) is 20.4. The molecule has 0 heterocycles. The molecule has 4 saturated carbocycles. The summed E-state index contributed by atoms with van der Waals surface area (Å²) < 4.78 is 21.2. The van der Waals surface area contributed by atoms with Crippen LogP contribution in [0.3, 0.4) is 0 Å². The van der Waals surface area contributed by atoms with Crippen LogP contribution in [0.1, 0.15) is 106 Å². The first-order chi connectivity index (χ1) is 16.4. The summed E-state index contributed by atoms with van der Waals surface area (Å²) in [6, 6.07) is 3.06. The van der Waals surface area contributed by atoms with E-state index >= 15 is 4.39 Å². The van der Waals surface area contributed by atoms with Gasteiger partial charge < -0.3 is 9.84 Å². The number of hydrogen-bond donors (Lipinski definition) is 1. The van der Waals surface area contributed by atoms with Crippen LogP contribution in [0.2, 0.25) is 0 Å². The number of rotatable bonds is 9. The van der Waals surface area contributed by atoms with Crippen LogP contribution in [-0.4, -0.2) is 23.5 Å². The maximum Gasteiger partial charge on any atom is 0.307 e. The SMILES string of the molecule is C[C@H]1CC[C@@H](C(=O)c2cc(C3CC3)c(OCCCC3CC4CCCC(C3)C4)cc2F)[C@@H]1C(=O)O. The molecule has 34 heavy (non-hydrogen) atoms. The largest absolute Gasteiger partial charge is 0.493 e. The first kappa shape index (κ1) is 23.8. The molecule has 4 fully saturated rings. The van der Waals surface area contributed by atoms with Gasteiger partial charge in [0.15, 0.2) is 5.78 Å². The van der Waals surface area contributed by atoms with Gasteiger partial charge in [-0.2, -0.15) is 0 Å². The maximum absolute atomic E-state index is 15.1. The number of Topliss-reactive ketones (excluding diaryl/α,β-unsaturated/α-hetero) is 1. The third-order valence-corrected chi connectivity index (χ3v) is 9.22. The van der Waals surface area contributed by atoms with Crippen LogP contribution in [-0.2, 0) is 4.79 Å². The van der Waals surface area contributed by atoms with Crippen LogP contribution in [0.25, 0.3) is 0 Å². The minimum atomic E-state index is -0.951. The van der Waals surface area contributed by atoms with Crippen LogP contribution >= 0.6 is 0 Å². The van der Waals surface area contributed by atoms with Crippen molar-refractivity contribution in [3.05, 3.63) is 29.1 Å². The molecule has 0 aliphatic heterocycles. The molecule has 5 atom stereocenters. The third-order valence-electron chi connectivity index (χ3n) is 9.22. The van der Waals surface area contributed by atoms with Crippen molar-refractivity contribution in [2.45, 2.75) is 89.9 Å². The van der Waals surface area contributed by atoms with Crippen molar-refractivity contribution >= 4 is 11.8 Å². The average Bonchev–Trinajstić information content (AvgIpc) is 3.56. The van der Waals surface area contributed by atoms with Crippen molar-refractivity contribution in [3.8, 4) is 5.75 Å². The van der Waals surface area contributed by atoms with Crippen molar-refractivity contribution < 1.29 is 23.8 Å². The molecule has 4 aliphatic rings. The number of carbonyl (C=O) groups is 2. The van der Waals surface area contributed by atoms with Gasteiger partial charge in [0.25, 0.3) is 0 Å². The second-order valence-corrected chi connectivity index (χ2v) is 11.8. The number of halogens is 1. The monoisotopic (exact) mass is 470 g/mol. The maximum atomic E-state index is 15.1. The van der Waals surface area contributed by atoms with Gasteiger partial charge in [0.2, 0.25) is 0 Å². The topological polar surface area (TPSA) is 63.6 Å². The molecular formula is C29H39FO4. The lowest BCUT2D eigenvalue weighted by molar-refractivity contribution is -0.143. The molecule has 0 amide bonds. The average molecular weight is 471 g/mol. The number of carboxylic acid groups (broad SMARTS) is 1. The molecule has 0 radical (unpaired) electrons. The van der Waals surface area contributed by atoms with Crippen LogP contribution in [0.5, 0.6) is 5.75 Å². The molecule has 1 aromatic carbocycles. The normalized spacial score (nSPS) is 33.0. The number of hydrogen-bond acceptors (Lipinski definition) is 3. The van der Waals surface area contributed by atoms with Gasteiger partial charge in [-0.05, 0) is 99.0 Å². The summed E-state index contributed by atoms with van der Waals surface area (Å²) in [6.07, 6.45) is 13.8. The van der Waals surface area contributed by atoms with Crippen molar-refractivity contribution in [2.24, 2.45) is 35.5 Å². The number of benzene rings is 1. The van der Waals surface area contributed by atoms with Gasteiger partial charge in [-0.3, -0.25) is 9.59 Å². The predicted molar refractivity (Wildman–Crippen MR) is 129 cm³/mol. The Bertz CT molecular complexity index is 911. The van der Waals surface area contributed by atoms with Gasteiger partial charge in [-0.25, -0.2) is 4.39 Å². The van der Waals surface area contributed by atoms with Gasteiger partial charge in [0.05, 0.1) is 18.1 Å². The third kappa shape index (κ3) is 5.04. The lowest BCUT2D eigenvalue weighted by Gasteiger charge is -2.39. The van der Waals surface area contributed by atoms with Gasteiger partial charge >= 0.3 is 5.97 Å². The smallest absolute Gasteiger partial charge is 0.307 e. The summed E-state index contributed by atoms with van der Waals surface area (Å²) in [5, 5.41) is 9.61. The van der Waals surface area contributed by atoms with Crippen molar-refractivity contribution in [1.29, 1.82) is 0 Å². The molecule has 2 bridgehead atoms. The van der Waals surface area contributed by atoms with Crippen LogP contribution < -0.4 is 4.74 Å². The number of fused-ring (bicyclic) bond motifs is 2. The minimum absolute atomic E-state index is 0.0494. The number of ether oxygens (including phenoxy) is 1. The Morgan fingerprint density at radius 1 is 1.03 bits per heavy atom. The summed E-state index contributed by atoms with van der Waals surface area (Å²) in [6.45, 7) is 2.45. The number of aliphatic carboxylic acids is 1. The summed E-state index contributed by atoms with van der Waals surface area (Å²) in [4.78, 5) is 24.9. The van der Waals surface area contributed by atoms with Crippen LogP contribution in [0.15, 0.2) is 12.1 Å². The van der Waals surface area contributed by atoms with E-state index in [1.54, 1.807) is 6.07 Å². The number of ketones is 1. The molecule has 0 spiro atoms. The van der Waals surface area contributed by atoms with E-state index in [0.29, 0.717) is 31.1 Å². The quantitative estimate of drug-likeness (QED) is 0.311. The Balaban J connectivity index is 1.23. The summed E-state index contributed by atoms with van der Waals surface area (Å²) in [5.41, 5.74) is 0.975. The Kier molecular flexibility index (Phi) is 7.00. The van der Waals surface area contributed by atoms with E-state index in [4.69, 9.17) is 4.74 Å². The van der Waals surface area contributed by atoms with Crippen molar-refractivity contribution in [3.63, 3.8) is 0 Å². The fourth-order valence-corrected chi connectivity index (χ4v) is 7.37.